The summed E-state index contributed by atoms with van der Waals surface area (Å²) < 4.78 is 10.6. The Kier molecular flexibility index (Phi) is 5.91. The minimum Gasteiger partial charge on any atom is -0.493 e. The van der Waals surface area contributed by atoms with E-state index in [1.807, 2.05) is 19.2 Å². The number of nitrogens with zero attached hydrogens (tertiary/aromatic N) is 1. The lowest BCUT2D eigenvalue weighted by Crippen LogP contribution is -2.36. The standard InChI is InChI=1S/C13H23N3O2/c1-10-7-12(17-3)13(18-4)8-11(10)5-6-16(2)9-15-14/h7-8,15H,5-6,9,14H2,1-4H3. The van der Waals surface area contributed by atoms with Gasteiger partial charge in [-0.15, -0.1) is 0 Å². The van der Waals surface area contributed by atoms with Crippen LogP contribution < -0.4 is 20.7 Å². The van der Waals surface area contributed by atoms with E-state index in [1.165, 1.54) is 11.1 Å². The Morgan fingerprint density at radius 3 is 2.39 bits per heavy atom. The highest BCUT2D eigenvalue weighted by atomic mass is 16.5. The number of hydrogen-bond acceptors (Lipinski definition) is 5. The van der Waals surface area contributed by atoms with Gasteiger partial charge in [0.05, 0.1) is 20.9 Å². The van der Waals surface area contributed by atoms with Crippen LogP contribution in [0, 0.1) is 6.92 Å². The van der Waals surface area contributed by atoms with Gasteiger partial charge >= 0.3 is 0 Å². The van der Waals surface area contributed by atoms with Crippen LogP contribution in [-0.2, 0) is 6.42 Å². The predicted molar refractivity (Wildman–Crippen MR) is 72.8 cm³/mol. The summed E-state index contributed by atoms with van der Waals surface area (Å²) in [6.07, 6.45) is 0.949. The lowest BCUT2D eigenvalue weighted by molar-refractivity contribution is 0.312. The first kappa shape index (κ1) is 14.8. The fraction of sp³-hybridized carbons (Fsp3) is 0.538. The summed E-state index contributed by atoms with van der Waals surface area (Å²) in [5, 5.41) is 0. The van der Waals surface area contributed by atoms with Gasteiger partial charge in [0.2, 0.25) is 0 Å². The number of benzene rings is 1. The van der Waals surface area contributed by atoms with E-state index in [0.717, 1.165) is 24.5 Å². The van der Waals surface area contributed by atoms with Crippen molar-refractivity contribution in [2.24, 2.45) is 5.84 Å². The Morgan fingerprint density at radius 2 is 1.83 bits per heavy atom. The van der Waals surface area contributed by atoms with Crippen LogP contribution in [-0.4, -0.2) is 39.4 Å². The van der Waals surface area contributed by atoms with Crippen molar-refractivity contribution >= 4 is 0 Å². The molecule has 1 aromatic carbocycles. The average molecular weight is 253 g/mol. The molecule has 0 aromatic heterocycles. The summed E-state index contributed by atoms with van der Waals surface area (Å²) in [6, 6.07) is 4.05. The fourth-order valence-electron chi connectivity index (χ4n) is 1.84. The van der Waals surface area contributed by atoms with Crippen molar-refractivity contribution in [1.82, 2.24) is 10.3 Å². The van der Waals surface area contributed by atoms with E-state index in [-0.39, 0.29) is 0 Å². The van der Waals surface area contributed by atoms with Crippen molar-refractivity contribution in [2.45, 2.75) is 13.3 Å². The molecule has 0 radical (unpaired) electrons. The van der Waals surface area contributed by atoms with Gasteiger partial charge < -0.3 is 9.47 Å². The molecule has 0 saturated heterocycles. The van der Waals surface area contributed by atoms with Crippen molar-refractivity contribution in [2.75, 3.05) is 34.5 Å². The molecule has 0 unspecified atom stereocenters. The second kappa shape index (κ2) is 7.20. The third-order valence-electron chi connectivity index (χ3n) is 2.97. The number of likely N-dealkylation sites (N-methyl/N-ethyl adjacent to an activating group) is 1. The molecule has 0 aliphatic heterocycles. The second-order valence-electron chi connectivity index (χ2n) is 4.33. The monoisotopic (exact) mass is 253 g/mol. The molecule has 0 amide bonds. The van der Waals surface area contributed by atoms with Gasteiger partial charge in [0.1, 0.15) is 0 Å². The topological polar surface area (TPSA) is 59.8 Å². The summed E-state index contributed by atoms with van der Waals surface area (Å²) in [5.74, 6) is 6.83. The van der Waals surface area contributed by atoms with Crippen molar-refractivity contribution in [1.29, 1.82) is 0 Å². The Bertz CT molecular complexity index is 383. The number of nitrogens with one attached hydrogen (secondary N) is 1. The van der Waals surface area contributed by atoms with Crippen molar-refractivity contribution in [3.8, 4) is 11.5 Å². The molecule has 0 atom stereocenters. The third kappa shape index (κ3) is 3.87. The number of hydrogen-bond donors (Lipinski definition) is 2. The number of methoxy groups -OCH3 is 2. The summed E-state index contributed by atoms with van der Waals surface area (Å²) in [7, 11) is 5.33. The molecule has 5 nitrogen and oxygen atoms in total. The third-order valence-corrected chi connectivity index (χ3v) is 2.97. The minimum absolute atomic E-state index is 0.673. The molecule has 3 N–H and O–H groups in total. The first-order valence-corrected chi connectivity index (χ1v) is 5.95. The van der Waals surface area contributed by atoms with Crippen LogP contribution in [0.25, 0.3) is 0 Å². The molecule has 1 rings (SSSR count). The molecule has 102 valence electrons. The number of hydrazine groups is 1. The van der Waals surface area contributed by atoms with Crippen molar-refractivity contribution in [3.05, 3.63) is 23.3 Å². The number of nitrogens with two attached hydrogens (primary N) is 1. The number of aryl methyl sites for hydroxylation is 1. The Labute approximate surface area is 109 Å². The SMILES string of the molecule is COc1cc(C)c(CCN(C)CNN)cc1OC. The van der Waals surface area contributed by atoms with E-state index in [0.29, 0.717) is 6.67 Å². The molecule has 0 aliphatic carbocycles. The number of ether oxygens (including phenoxy) is 2. The Balaban J connectivity index is 2.76. The first-order valence-electron chi connectivity index (χ1n) is 5.95. The zero-order valence-corrected chi connectivity index (χ0v) is 11.6. The predicted octanol–water partition coefficient (Wildman–Crippen LogP) is 0.907. The highest BCUT2D eigenvalue weighted by Crippen LogP contribution is 2.30. The maximum absolute atomic E-state index is 5.32. The van der Waals surface area contributed by atoms with Crippen LogP contribution in [0.3, 0.4) is 0 Å². The summed E-state index contributed by atoms with van der Waals surface area (Å²) in [4.78, 5) is 2.12. The molecule has 18 heavy (non-hydrogen) atoms. The number of rotatable bonds is 7. The highest BCUT2D eigenvalue weighted by molar-refractivity contribution is 5.47. The molecule has 0 spiro atoms. The van der Waals surface area contributed by atoms with Gasteiger partial charge in [0.25, 0.3) is 0 Å². The maximum Gasteiger partial charge on any atom is 0.161 e. The van der Waals surface area contributed by atoms with E-state index in [9.17, 15) is 0 Å². The summed E-state index contributed by atoms with van der Waals surface area (Å²) in [6.45, 7) is 3.69. The van der Waals surface area contributed by atoms with Gasteiger partial charge in [-0.2, -0.15) is 0 Å². The molecule has 5 heteroatoms. The van der Waals surface area contributed by atoms with E-state index in [2.05, 4.69) is 17.2 Å². The maximum atomic E-state index is 5.32. The smallest absolute Gasteiger partial charge is 0.161 e. The van der Waals surface area contributed by atoms with E-state index in [1.54, 1.807) is 14.2 Å². The van der Waals surface area contributed by atoms with Crippen molar-refractivity contribution < 1.29 is 9.47 Å². The van der Waals surface area contributed by atoms with Crippen molar-refractivity contribution in [3.63, 3.8) is 0 Å². The van der Waals surface area contributed by atoms with E-state index < -0.39 is 0 Å². The van der Waals surface area contributed by atoms with Gasteiger partial charge in [0, 0.05) is 6.54 Å². The molecule has 1 aromatic rings. The lowest BCUT2D eigenvalue weighted by atomic mass is 10.0. The minimum atomic E-state index is 0.673. The lowest BCUT2D eigenvalue weighted by Gasteiger charge is -2.17. The quantitative estimate of drug-likeness (QED) is 0.430. The largest absolute Gasteiger partial charge is 0.493 e. The second-order valence-corrected chi connectivity index (χ2v) is 4.33. The zero-order valence-electron chi connectivity index (χ0n) is 11.6. The zero-order chi connectivity index (χ0) is 13.5. The molecule has 0 aliphatic rings. The highest BCUT2D eigenvalue weighted by Gasteiger charge is 2.09. The Morgan fingerprint density at radius 1 is 1.22 bits per heavy atom. The first-order chi connectivity index (χ1) is 8.62. The van der Waals surface area contributed by atoms with Gasteiger partial charge in [-0.25, -0.2) is 5.43 Å². The Hall–Kier alpha value is -1.30. The van der Waals surface area contributed by atoms with Crippen LogP contribution in [0.2, 0.25) is 0 Å². The summed E-state index contributed by atoms with van der Waals surface area (Å²) >= 11 is 0. The molecule has 0 fully saturated rings. The molecular weight excluding hydrogens is 230 g/mol. The molecular formula is C13H23N3O2. The van der Waals surface area contributed by atoms with Gasteiger partial charge in [-0.1, -0.05) is 0 Å². The van der Waals surface area contributed by atoms with E-state index >= 15 is 0 Å². The van der Waals surface area contributed by atoms with Gasteiger partial charge in [-0.05, 0) is 43.7 Å². The average Bonchev–Trinajstić information content (AvgIpc) is 2.37. The molecule has 0 bridgehead atoms. The van der Waals surface area contributed by atoms with Crippen LogP contribution in [0.15, 0.2) is 12.1 Å². The van der Waals surface area contributed by atoms with Crippen LogP contribution in [0.4, 0.5) is 0 Å². The normalized spacial score (nSPS) is 10.8. The van der Waals surface area contributed by atoms with Crippen LogP contribution >= 0.6 is 0 Å². The van der Waals surface area contributed by atoms with E-state index in [4.69, 9.17) is 15.3 Å². The van der Waals surface area contributed by atoms with Gasteiger partial charge in [-0.3, -0.25) is 10.7 Å². The molecule has 0 saturated carbocycles. The molecule has 0 heterocycles. The van der Waals surface area contributed by atoms with Gasteiger partial charge in [0.15, 0.2) is 11.5 Å². The van der Waals surface area contributed by atoms with Crippen LogP contribution in [0.1, 0.15) is 11.1 Å². The van der Waals surface area contributed by atoms with Crippen LogP contribution in [0.5, 0.6) is 11.5 Å². The summed E-state index contributed by atoms with van der Waals surface area (Å²) in [5.41, 5.74) is 5.11. The fourth-order valence-corrected chi connectivity index (χ4v) is 1.84.